The molecular formula is C86H171NO5. The molecule has 2 atom stereocenters. The zero-order valence-electron chi connectivity index (χ0n) is 63.3. The number of carbonyl (C=O) groups excluding carboxylic acids is 2. The van der Waals surface area contributed by atoms with E-state index in [0.29, 0.717) is 25.9 Å². The van der Waals surface area contributed by atoms with Gasteiger partial charge in [-0.1, -0.05) is 476 Å². The van der Waals surface area contributed by atoms with Crippen LogP contribution in [0, 0.1) is 0 Å². The summed E-state index contributed by atoms with van der Waals surface area (Å²) in [5, 5.41) is 23.5. The molecule has 0 rings (SSSR count). The van der Waals surface area contributed by atoms with Gasteiger partial charge in [-0.05, 0) is 25.7 Å². The molecule has 0 spiro atoms. The molecule has 3 N–H and O–H groups in total. The summed E-state index contributed by atoms with van der Waals surface area (Å²) in [6.45, 7) is 5.03. The zero-order chi connectivity index (χ0) is 66.3. The van der Waals surface area contributed by atoms with Gasteiger partial charge in [0.05, 0.1) is 25.4 Å². The topological polar surface area (TPSA) is 95.9 Å². The van der Waals surface area contributed by atoms with Gasteiger partial charge in [0.15, 0.2) is 0 Å². The van der Waals surface area contributed by atoms with E-state index in [1.54, 1.807) is 0 Å². The summed E-state index contributed by atoms with van der Waals surface area (Å²) in [7, 11) is 0. The average Bonchev–Trinajstić information content (AvgIpc) is 3.75. The highest BCUT2D eigenvalue weighted by molar-refractivity contribution is 5.76. The molecule has 0 aromatic rings. The first-order valence-corrected chi connectivity index (χ1v) is 43.3. The van der Waals surface area contributed by atoms with Crippen LogP contribution in [0.1, 0.15) is 515 Å². The van der Waals surface area contributed by atoms with Crippen molar-refractivity contribution in [3.63, 3.8) is 0 Å². The number of amides is 1. The minimum absolute atomic E-state index is 0.0229. The van der Waals surface area contributed by atoms with Gasteiger partial charge in [0, 0.05) is 12.8 Å². The monoisotopic (exact) mass is 1300 g/mol. The molecule has 1 amide bonds. The summed E-state index contributed by atoms with van der Waals surface area (Å²) < 4.78 is 5.52. The van der Waals surface area contributed by atoms with Gasteiger partial charge in [-0.2, -0.15) is 0 Å². The number of carbonyl (C=O) groups is 2. The summed E-state index contributed by atoms with van der Waals surface area (Å²) in [5.74, 6) is 0.00676. The number of esters is 1. The first-order valence-electron chi connectivity index (χ1n) is 43.3. The van der Waals surface area contributed by atoms with E-state index in [4.69, 9.17) is 4.74 Å². The lowest BCUT2D eigenvalue weighted by atomic mass is 10.0. The van der Waals surface area contributed by atoms with E-state index in [1.807, 2.05) is 0 Å². The van der Waals surface area contributed by atoms with Gasteiger partial charge in [0.25, 0.3) is 0 Å². The van der Waals surface area contributed by atoms with Crippen LogP contribution in [0.2, 0.25) is 0 Å². The molecule has 0 aromatic carbocycles. The van der Waals surface area contributed by atoms with Gasteiger partial charge < -0.3 is 20.3 Å². The molecule has 0 saturated heterocycles. The third-order valence-electron chi connectivity index (χ3n) is 20.9. The van der Waals surface area contributed by atoms with Crippen LogP contribution in [-0.2, 0) is 14.3 Å². The summed E-state index contributed by atoms with van der Waals surface area (Å²) >= 11 is 0. The van der Waals surface area contributed by atoms with Gasteiger partial charge in [0.2, 0.25) is 5.91 Å². The summed E-state index contributed by atoms with van der Waals surface area (Å²) in [4.78, 5) is 24.7. The second-order valence-corrected chi connectivity index (χ2v) is 30.2. The molecule has 6 heteroatoms. The van der Waals surface area contributed by atoms with Crippen molar-refractivity contribution in [2.75, 3.05) is 13.2 Å². The van der Waals surface area contributed by atoms with Crippen molar-refractivity contribution < 1.29 is 24.5 Å². The van der Waals surface area contributed by atoms with Crippen molar-refractivity contribution in [2.45, 2.75) is 527 Å². The third kappa shape index (κ3) is 77.9. The number of hydrogen-bond donors (Lipinski definition) is 3. The largest absolute Gasteiger partial charge is 0.466 e. The molecule has 2 unspecified atom stereocenters. The summed E-state index contributed by atoms with van der Waals surface area (Å²) in [6.07, 6.45) is 104. The molecule has 6 nitrogen and oxygen atoms in total. The normalized spacial score (nSPS) is 12.3. The van der Waals surface area contributed by atoms with E-state index in [0.717, 1.165) is 38.5 Å². The molecular weight excluding hydrogens is 1130 g/mol. The van der Waals surface area contributed by atoms with Crippen molar-refractivity contribution in [3.05, 3.63) is 0 Å². The SMILES string of the molecule is CCCCCCCCCCCCCCCCCCCCCC(O)C(CO)NC(=O)CCCCCCCCCCCCCCCCCCCCCCCCCCCCCCCCCCCCCCCCCOC(=O)CCCCCCCCCCCCCCCCCCC. The van der Waals surface area contributed by atoms with Crippen molar-refractivity contribution >= 4 is 11.9 Å². The Morgan fingerprint density at radius 3 is 0.663 bits per heavy atom. The molecule has 0 fully saturated rings. The minimum atomic E-state index is -0.660. The molecule has 0 radical (unpaired) electrons. The van der Waals surface area contributed by atoms with Crippen LogP contribution in [0.4, 0.5) is 0 Å². The first kappa shape index (κ1) is 90.9. The Bertz CT molecular complexity index is 1360. The van der Waals surface area contributed by atoms with Gasteiger partial charge >= 0.3 is 5.97 Å². The van der Waals surface area contributed by atoms with Crippen LogP contribution in [0.25, 0.3) is 0 Å². The third-order valence-corrected chi connectivity index (χ3v) is 20.9. The number of aliphatic hydroxyl groups is 2. The standard InChI is InChI=1S/C86H171NO5/c1-3-5-7-9-11-13-15-17-19-21-43-47-50-54-58-62-66-70-74-78-84(89)83(82-88)87-85(90)79-75-71-67-63-59-55-51-48-44-41-39-37-35-33-31-29-27-25-23-22-24-26-28-30-32-34-36-38-40-42-45-49-53-57-61-65-69-73-77-81-92-86(91)80-76-72-68-64-60-56-52-46-20-18-16-14-12-10-8-6-4-2/h83-84,88-89H,3-82H2,1-2H3,(H,87,90). The van der Waals surface area contributed by atoms with Gasteiger partial charge in [-0.25, -0.2) is 0 Å². The fourth-order valence-corrected chi connectivity index (χ4v) is 14.4. The second kappa shape index (κ2) is 82.3. The number of aliphatic hydroxyl groups excluding tert-OH is 2. The van der Waals surface area contributed by atoms with E-state index < -0.39 is 12.1 Å². The lowest BCUT2D eigenvalue weighted by molar-refractivity contribution is -0.143. The highest BCUT2D eigenvalue weighted by Crippen LogP contribution is 2.21. The van der Waals surface area contributed by atoms with Crippen molar-refractivity contribution in [2.24, 2.45) is 0 Å². The maximum atomic E-state index is 12.6. The number of rotatable bonds is 83. The molecule has 0 aliphatic rings. The Hall–Kier alpha value is -1.14. The van der Waals surface area contributed by atoms with Crippen molar-refractivity contribution in [3.8, 4) is 0 Å². The molecule has 0 aliphatic carbocycles. The Morgan fingerprint density at radius 1 is 0.261 bits per heavy atom. The first-order chi connectivity index (χ1) is 45.5. The fraction of sp³-hybridized carbons (Fsp3) is 0.977. The lowest BCUT2D eigenvalue weighted by Crippen LogP contribution is -2.45. The Kier molecular flexibility index (Phi) is 81.3. The molecule has 0 heterocycles. The highest BCUT2D eigenvalue weighted by Gasteiger charge is 2.20. The molecule has 550 valence electrons. The van der Waals surface area contributed by atoms with E-state index in [9.17, 15) is 19.8 Å². The summed E-state index contributed by atoms with van der Waals surface area (Å²) in [5.41, 5.74) is 0. The van der Waals surface area contributed by atoms with Gasteiger partial charge in [0.1, 0.15) is 0 Å². The maximum absolute atomic E-state index is 12.6. The Morgan fingerprint density at radius 2 is 0.446 bits per heavy atom. The van der Waals surface area contributed by atoms with Crippen LogP contribution < -0.4 is 5.32 Å². The van der Waals surface area contributed by atoms with Crippen LogP contribution in [-0.4, -0.2) is 47.4 Å². The number of nitrogens with one attached hydrogen (secondary N) is 1. The van der Waals surface area contributed by atoms with Crippen LogP contribution in [0.5, 0.6) is 0 Å². The van der Waals surface area contributed by atoms with E-state index in [1.165, 1.54) is 443 Å². The number of ether oxygens (including phenoxy) is 1. The molecule has 0 aromatic heterocycles. The average molecular weight is 1300 g/mol. The molecule has 0 bridgehead atoms. The molecule has 0 aliphatic heterocycles. The smallest absolute Gasteiger partial charge is 0.305 e. The van der Waals surface area contributed by atoms with Crippen LogP contribution >= 0.6 is 0 Å². The summed E-state index contributed by atoms with van der Waals surface area (Å²) in [6, 6.07) is -0.536. The molecule has 92 heavy (non-hydrogen) atoms. The van der Waals surface area contributed by atoms with Gasteiger partial charge in [-0.3, -0.25) is 9.59 Å². The zero-order valence-corrected chi connectivity index (χ0v) is 63.3. The Balaban J connectivity index is 3.28. The van der Waals surface area contributed by atoms with Gasteiger partial charge in [-0.15, -0.1) is 0 Å². The maximum Gasteiger partial charge on any atom is 0.305 e. The van der Waals surface area contributed by atoms with Crippen molar-refractivity contribution in [1.29, 1.82) is 0 Å². The van der Waals surface area contributed by atoms with E-state index >= 15 is 0 Å². The highest BCUT2D eigenvalue weighted by atomic mass is 16.5. The van der Waals surface area contributed by atoms with E-state index in [-0.39, 0.29) is 18.5 Å². The molecule has 0 saturated carbocycles. The van der Waals surface area contributed by atoms with Crippen LogP contribution in [0.15, 0.2) is 0 Å². The van der Waals surface area contributed by atoms with Crippen LogP contribution in [0.3, 0.4) is 0 Å². The predicted molar refractivity (Wildman–Crippen MR) is 407 cm³/mol. The lowest BCUT2D eigenvalue weighted by Gasteiger charge is -2.22. The van der Waals surface area contributed by atoms with Crippen molar-refractivity contribution in [1.82, 2.24) is 5.32 Å². The quantitative estimate of drug-likeness (QED) is 0.0417. The second-order valence-electron chi connectivity index (χ2n) is 30.2. The Labute approximate surface area is 578 Å². The number of unbranched alkanes of at least 4 members (excludes halogenated alkanes) is 72. The minimum Gasteiger partial charge on any atom is -0.466 e. The van der Waals surface area contributed by atoms with E-state index in [2.05, 4.69) is 19.2 Å². The number of hydrogen-bond acceptors (Lipinski definition) is 5. The fourth-order valence-electron chi connectivity index (χ4n) is 14.4. The predicted octanol–water partition coefficient (Wildman–Crippen LogP) is 28.8.